The van der Waals surface area contributed by atoms with Crippen molar-refractivity contribution in [1.82, 2.24) is 5.32 Å². The van der Waals surface area contributed by atoms with Gasteiger partial charge >= 0.3 is 0 Å². The molecule has 0 bridgehead atoms. The number of carbonyl (C=O) groups excluding carboxylic acids is 2. The average Bonchev–Trinajstić information content (AvgIpc) is 2.83. The quantitative estimate of drug-likeness (QED) is 0.388. The summed E-state index contributed by atoms with van der Waals surface area (Å²) in [4.78, 5) is 24.6. The minimum atomic E-state index is -0.137. The van der Waals surface area contributed by atoms with E-state index in [0.717, 1.165) is 42.1 Å². The van der Waals surface area contributed by atoms with Crippen molar-refractivity contribution in [2.24, 2.45) is 5.73 Å². The lowest BCUT2D eigenvalue weighted by molar-refractivity contribution is -0.121. The summed E-state index contributed by atoms with van der Waals surface area (Å²) in [7, 11) is 1.60. The third-order valence-corrected chi connectivity index (χ3v) is 5.46. The van der Waals surface area contributed by atoms with Gasteiger partial charge < -0.3 is 25.3 Å². The van der Waals surface area contributed by atoms with E-state index in [1.807, 2.05) is 18.2 Å². The van der Waals surface area contributed by atoms with Gasteiger partial charge in [-0.25, -0.2) is 0 Å². The Balaban J connectivity index is 1.34. The Morgan fingerprint density at radius 2 is 1.72 bits per heavy atom. The van der Waals surface area contributed by atoms with Crippen LogP contribution in [0.5, 0.6) is 17.2 Å². The number of amides is 1. The van der Waals surface area contributed by atoms with Crippen molar-refractivity contribution in [3.05, 3.63) is 53.6 Å². The number of hydrogen-bond donors (Lipinski definition) is 2. The number of hydrogen-bond acceptors (Lipinski definition) is 6. The molecule has 0 saturated carbocycles. The second kappa shape index (κ2) is 12.1. The largest absolute Gasteiger partial charge is 0.497 e. The number of methoxy groups -OCH3 is 1. The van der Waals surface area contributed by atoms with E-state index in [1.54, 1.807) is 31.4 Å². The van der Waals surface area contributed by atoms with Gasteiger partial charge in [-0.15, -0.1) is 0 Å². The molecule has 0 fully saturated rings. The van der Waals surface area contributed by atoms with E-state index in [9.17, 15) is 9.59 Å². The van der Waals surface area contributed by atoms with Gasteiger partial charge in [0.15, 0.2) is 17.3 Å². The van der Waals surface area contributed by atoms with Gasteiger partial charge in [0.2, 0.25) is 5.91 Å². The van der Waals surface area contributed by atoms with Crippen LogP contribution in [0.2, 0.25) is 0 Å². The van der Waals surface area contributed by atoms with Gasteiger partial charge in [0.25, 0.3) is 0 Å². The third-order valence-electron chi connectivity index (χ3n) is 5.46. The lowest BCUT2D eigenvalue weighted by atomic mass is 10.0. The van der Waals surface area contributed by atoms with Crippen LogP contribution in [0.3, 0.4) is 0 Å². The summed E-state index contributed by atoms with van der Waals surface area (Å²) >= 11 is 0. The zero-order valence-electron chi connectivity index (χ0n) is 18.6. The standard InChI is InChI=1S/C25H32N2O5/c1-30-21-10-8-19(9-11-21)22(28)5-3-2-4-6-25(29)27-20(17-26)15-18-7-12-23-24(16-18)32-14-13-31-23/h7-12,16,20H,2-6,13-15,17,26H2,1H3,(H,27,29)/t20-/m0/s1. The van der Waals surface area contributed by atoms with Crippen LogP contribution in [0.15, 0.2) is 42.5 Å². The number of ketones is 1. The molecular weight excluding hydrogens is 408 g/mol. The zero-order valence-corrected chi connectivity index (χ0v) is 18.6. The monoisotopic (exact) mass is 440 g/mol. The van der Waals surface area contributed by atoms with Crippen LogP contribution < -0.4 is 25.3 Å². The van der Waals surface area contributed by atoms with Crippen molar-refractivity contribution in [3.63, 3.8) is 0 Å². The minimum absolute atomic E-state index is 0.0144. The van der Waals surface area contributed by atoms with Crippen LogP contribution in [-0.4, -0.2) is 44.6 Å². The van der Waals surface area contributed by atoms with E-state index in [-0.39, 0.29) is 17.7 Å². The second-order valence-corrected chi connectivity index (χ2v) is 7.89. The summed E-state index contributed by atoms with van der Waals surface area (Å²) in [6.07, 6.45) is 3.86. The second-order valence-electron chi connectivity index (χ2n) is 7.89. The van der Waals surface area contributed by atoms with Gasteiger partial charge in [-0.05, 0) is 61.2 Å². The third kappa shape index (κ3) is 6.99. The maximum Gasteiger partial charge on any atom is 0.220 e. The van der Waals surface area contributed by atoms with E-state index in [4.69, 9.17) is 19.9 Å². The first-order chi connectivity index (χ1) is 15.6. The van der Waals surface area contributed by atoms with Crippen LogP contribution in [0.4, 0.5) is 0 Å². The molecule has 7 nitrogen and oxygen atoms in total. The molecule has 2 aromatic rings. The van der Waals surface area contributed by atoms with Crippen molar-refractivity contribution in [3.8, 4) is 17.2 Å². The number of unbranched alkanes of at least 4 members (excludes halogenated alkanes) is 2. The average molecular weight is 441 g/mol. The van der Waals surface area contributed by atoms with Crippen molar-refractivity contribution < 1.29 is 23.8 Å². The number of fused-ring (bicyclic) bond motifs is 1. The molecule has 1 heterocycles. The fourth-order valence-electron chi connectivity index (χ4n) is 3.66. The first-order valence-electron chi connectivity index (χ1n) is 11.1. The van der Waals surface area contributed by atoms with Crippen molar-refractivity contribution in [1.29, 1.82) is 0 Å². The molecule has 7 heteroatoms. The summed E-state index contributed by atoms with van der Waals surface area (Å²) in [5.74, 6) is 2.32. The Kier molecular flexibility index (Phi) is 8.92. The van der Waals surface area contributed by atoms with Crippen molar-refractivity contribution >= 4 is 11.7 Å². The molecular formula is C25H32N2O5. The summed E-state index contributed by atoms with van der Waals surface area (Å²) in [6.45, 7) is 1.46. The molecule has 0 aromatic heterocycles. The molecule has 0 unspecified atom stereocenters. The molecule has 1 aliphatic rings. The first-order valence-corrected chi connectivity index (χ1v) is 11.1. The fourth-order valence-corrected chi connectivity index (χ4v) is 3.66. The molecule has 1 amide bonds. The molecule has 3 rings (SSSR count). The summed E-state index contributed by atoms with van der Waals surface area (Å²) < 4.78 is 16.3. The molecule has 1 atom stereocenters. The van der Waals surface area contributed by atoms with Crippen LogP contribution in [0.1, 0.15) is 48.0 Å². The number of nitrogens with two attached hydrogens (primary N) is 1. The van der Waals surface area contributed by atoms with E-state index >= 15 is 0 Å². The maximum absolute atomic E-state index is 12.3. The number of nitrogens with one attached hydrogen (secondary N) is 1. The van der Waals surface area contributed by atoms with Gasteiger partial charge in [0.05, 0.1) is 7.11 Å². The summed E-state index contributed by atoms with van der Waals surface area (Å²) in [5, 5.41) is 3.02. The van der Waals surface area contributed by atoms with Gasteiger partial charge in [0, 0.05) is 31.0 Å². The van der Waals surface area contributed by atoms with E-state index in [1.165, 1.54) is 0 Å². The van der Waals surface area contributed by atoms with Gasteiger partial charge in [0.1, 0.15) is 19.0 Å². The fraction of sp³-hybridized carbons (Fsp3) is 0.440. The first kappa shape index (κ1) is 23.6. The number of ether oxygens (including phenoxy) is 3. The van der Waals surface area contributed by atoms with Gasteiger partial charge in [-0.3, -0.25) is 9.59 Å². The predicted octanol–water partition coefficient (Wildman–Crippen LogP) is 3.29. The number of carbonyl (C=O) groups is 2. The normalized spacial score (nSPS) is 13.3. The van der Waals surface area contributed by atoms with Gasteiger partial charge in [-0.2, -0.15) is 0 Å². The molecule has 3 N–H and O–H groups in total. The molecule has 2 aromatic carbocycles. The lowest BCUT2D eigenvalue weighted by Gasteiger charge is -2.21. The van der Waals surface area contributed by atoms with E-state index < -0.39 is 0 Å². The van der Waals surface area contributed by atoms with E-state index in [0.29, 0.717) is 44.6 Å². The highest BCUT2D eigenvalue weighted by atomic mass is 16.6. The van der Waals surface area contributed by atoms with Crippen LogP contribution in [0.25, 0.3) is 0 Å². The summed E-state index contributed by atoms with van der Waals surface area (Å²) in [6, 6.07) is 12.8. The highest BCUT2D eigenvalue weighted by Gasteiger charge is 2.15. The smallest absolute Gasteiger partial charge is 0.220 e. The Hall–Kier alpha value is -3.06. The molecule has 1 aliphatic heterocycles. The highest BCUT2D eigenvalue weighted by molar-refractivity contribution is 5.96. The van der Waals surface area contributed by atoms with Gasteiger partial charge in [-0.1, -0.05) is 12.5 Å². The molecule has 172 valence electrons. The molecule has 0 saturated heterocycles. The molecule has 0 aliphatic carbocycles. The Morgan fingerprint density at radius 3 is 2.44 bits per heavy atom. The predicted molar refractivity (Wildman–Crippen MR) is 123 cm³/mol. The number of rotatable bonds is 12. The maximum atomic E-state index is 12.3. The Morgan fingerprint density at radius 1 is 1.00 bits per heavy atom. The van der Waals surface area contributed by atoms with Crippen molar-refractivity contribution in [2.45, 2.75) is 44.6 Å². The number of benzene rings is 2. The molecule has 32 heavy (non-hydrogen) atoms. The lowest BCUT2D eigenvalue weighted by Crippen LogP contribution is -2.41. The zero-order chi connectivity index (χ0) is 22.8. The van der Waals surface area contributed by atoms with Crippen LogP contribution >= 0.6 is 0 Å². The van der Waals surface area contributed by atoms with Crippen LogP contribution in [0, 0.1) is 0 Å². The molecule has 0 spiro atoms. The molecule has 0 radical (unpaired) electrons. The SMILES string of the molecule is COc1ccc(C(=O)CCCCCC(=O)N[C@H](CN)Cc2ccc3c(c2)OCCO3)cc1. The van der Waals surface area contributed by atoms with Crippen LogP contribution in [-0.2, 0) is 11.2 Å². The van der Waals surface area contributed by atoms with E-state index in [2.05, 4.69) is 5.32 Å². The minimum Gasteiger partial charge on any atom is -0.497 e. The summed E-state index contributed by atoms with van der Waals surface area (Å²) in [5.41, 5.74) is 7.61. The highest BCUT2D eigenvalue weighted by Crippen LogP contribution is 2.31. The Labute approximate surface area is 189 Å². The Bertz CT molecular complexity index is 898. The number of Topliss-reactive ketones (excluding diaryl/α,β-unsaturated/α-hetero) is 1. The van der Waals surface area contributed by atoms with Crippen molar-refractivity contribution in [2.75, 3.05) is 26.9 Å². The topological polar surface area (TPSA) is 99.9 Å².